The second-order valence-corrected chi connectivity index (χ2v) is 9.67. The lowest BCUT2D eigenvalue weighted by Crippen LogP contribution is -2.43. The third-order valence-electron chi connectivity index (χ3n) is 6.57. The van der Waals surface area contributed by atoms with Gasteiger partial charge in [-0.3, -0.25) is 19.5 Å². The van der Waals surface area contributed by atoms with E-state index in [0.29, 0.717) is 33.3 Å². The van der Waals surface area contributed by atoms with Crippen LogP contribution in [0.25, 0.3) is 22.3 Å². The number of nitrogens with two attached hydrogens (primary N) is 1. The number of piperazine rings is 1. The van der Waals surface area contributed by atoms with Gasteiger partial charge in [0.05, 0.1) is 23.6 Å². The minimum atomic E-state index is -0.710. The predicted octanol–water partition coefficient (Wildman–Crippen LogP) is 2.41. The van der Waals surface area contributed by atoms with Crippen LogP contribution in [-0.4, -0.2) is 92.1 Å². The van der Waals surface area contributed by atoms with Crippen molar-refractivity contribution in [3.05, 3.63) is 53.2 Å². The molecule has 1 aliphatic heterocycles. The van der Waals surface area contributed by atoms with E-state index in [1.54, 1.807) is 25.8 Å². The minimum absolute atomic E-state index is 0.000398. The number of halogens is 1. The van der Waals surface area contributed by atoms with Crippen LogP contribution in [0.5, 0.6) is 0 Å². The molecule has 4 aromatic rings. The number of anilines is 3. The Balaban J connectivity index is 0.00000118. The van der Waals surface area contributed by atoms with Gasteiger partial charge in [0.15, 0.2) is 17.3 Å². The number of carbonyl (C=O) groups is 2. The lowest BCUT2D eigenvalue weighted by Gasteiger charge is -2.32. The Bertz CT molecular complexity index is 1520. The zero-order chi connectivity index (χ0) is 28.8. The summed E-state index contributed by atoms with van der Waals surface area (Å²) in [5.74, 6) is -0.0345. The highest BCUT2D eigenvalue weighted by atomic mass is 35.5. The lowest BCUT2D eigenvalue weighted by atomic mass is 10.1. The summed E-state index contributed by atoms with van der Waals surface area (Å²) in [6, 6.07) is 5.72. The average molecular weight is 567 g/mol. The van der Waals surface area contributed by atoms with Crippen LogP contribution in [0.15, 0.2) is 36.9 Å². The lowest BCUT2D eigenvalue weighted by molar-refractivity contribution is -0.122. The molecule has 40 heavy (non-hydrogen) atoms. The molecule has 13 nitrogen and oxygen atoms in total. The number of pyridine rings is 1. The van der Waals surface area contributed by atoms with Crippen molar-refractivity contribution in [2.24, 2.45) is 12.8 Å². The molecule has 210 valence electrons. The normalized spacial score (nSPS) is 13.9. The molecule has 4 heterocycles. The summed E-state index contributed by atoms with van der Waals surface area (Å²) in [6.07, 6.45) is 5.07. The van der Waals surface area contributed by atoms with E-state index in [1.807, 2.05) is 29.8 Å². The molecule has 1 aromatic carbocycles. The Morgan fingerprint density at radius 2 is 1.88 bits per heavy atom. The first-order valence-electron chi connectivity index (χ1n) is 12.4. The highest BCUT2D eigenvalue weighted by molar-refractivity contribution is 6.31. The van der Waals surface area contributed by atoms with Crippen molar-refractivity contribution in [3.8, 4) is 11.3 Å². The minimum Gasteiger partial charge on any atom is -0.483 e. The molecule has 0 bridgehead atoms. The third kappa shape index (κ3) is 6.28. The van der Waals surface area contributed by atoms with Gasteiger partial charge < -0.3 is 30.9 Å². The molecule has 0 aliphatic carbocycles. The van der Waals surface area contributed by atoms with Crippen molar-refractivity contribution >= 4 is 52.3 Å². The number of carbonyl (C=O) groups excluding carboxylic acids is 1. The van der Waals surface area contributed by atoms with E-state index in [2.05, 4.69) is 47.4 Å². The zero-order valence-electron chi connectivity index (χ0n) is 22.4. The molecule has 1 fully saturated rings. The van der Waals surface area contributed by atoms with Crippen LogP contribution in [0.2, 0.25) is 5.02 Å². The van der Waals surface area contributed by atoms with Crippen molar-refractivity contribution in [2.45, 2.75) is 6.54 Å². The van der Waals surface area contributed by atoms with E-state index in [0.717, 1.165) is 43.8 Å². The van der Waals surface area contributed by atoms with Gasteiger partial charge in [-0.15, -0.1) is 0 Å². The second-order valence-electron chi connectivity index (χ2n) is 9.26. The first-order valence-corrected chi connectivity index (χ1v) is 12.8. The van der Waals surface area contributed by atoms with E-state index in [4.69, 9.17) is 27.2 Å². The van der Waals surface area contributed by atoms with Crippen LogP contribution >= 0.6 is 11.6 Å². The highest BCUT2D eigenvalue weighted by Crippen LogP contribution is 2.33. The first-order chi connectivity index (χ1) is 19.2. The van der Waals surface area contributed by atoms with E-state index in [-0.39, 0.29) is 18.0 Å². The van der Waals surface area contributed by atoms with Crippen molar-refractivity contribution in [3.63, 3.8) is 0 Å². The number of aryl methyl sites for hydroxylation is 1. The fourth-order valence-corrected chi connectivity index (χ4v) is 4.65. The number of likely N-dealkylation sites (N-methyl/N-ethyl adjacent to an activating group) is 1. The number of benzene rings is 1. The molecule has 0 radical (unpaired) electrons. The number of fused-ring (bicyclic) bond motifs is 1. The smallest absolute Gasteiger partial charge is 0.290 e. The number of hydrogen-bond acceptors (Lipinski definition) is 10. The molecular formula is C26H31ClN10O3. The molecule has 0 atom stereocenters. The van der Waals surface area contributed by atoms with Gasteiger partial charge in [0, 0.05) is 63.7 Å². The SMILES string of the molecule is CNc1nc(Nc2ccc(CN3CCN(C)CC3)c(Cl)c2)c(C(N)=O)nc1-c1cncc2c1ncn2C.O=CO. The molecule has 0 saturated carbocycles. The van der Waals surface area contributed by atoms with Gasteiger partial charge in [-0.2, -0.15) is 0 Å². The average Bonchev–Trinajstić information content (AvgIpc) is 3.32. The predicted molar refractivity (Wildman–Crippen MR) is 154 cm³/mol. The van der Waals surface area contributed by atoms with E-state index in [9.17, 15) is 4.79 Å². The maximum Gasteiger partial charge on any atom is 0.290 e. The summed E-state index contributed by atoms with van der Waals surface area (Å²) in [5, 5.41) is 13.8. The number of hydrogen-bond donors (Lipinski definition) is 4. The van der Waals surface area contributed by atoms with Crippen LogP contribution in [0, 0.1) is 0 Å². The molecule has 5 N–H and O–H groups in total. The van der Waals surface area contributed by atoms with Crippen LogP contribution in [-0.2, 0) is 18.4 Å². The highest BCUT2D eigenvalue weighted by Gasteiger charge is 2.22. The van der Waals surface area contributed by atoms with E-state index >= 15 is 0 Å². The molecule has 0 unspecified atom stereocenters. The van der Waals surface area contributed by atoms with Crippen LogP contribution < -0.4 is 16.4 Å². The Morgan fingerprint density at radius 1 is 1.15 bits per heavy atom. The number of carboxylic acid groups (broad SMARTS) is 1. The third-order valence-corrected chi connectivity index (χ3v) is 6.92. The summed E-state index contributed by atoms with van der Waals surface area (Å²) in [6.45, 7) is 4.63. The van der Waals surface area contributed by atoms with Crippen LogP contribution in [0.4, 0.5) is 17.3 Å². The van der Waals surface area contributed by atoms with Gasteiger partial charge in [0.25, 0.3) is 12.4 Å². The van der Waals surface area contributed by atoms with Crippen molar-refractivity contribution < 1.29 is 14.7 Å². The second kappa shape index (κ2) is 12.7. The van der Waals surface area contributed by atoms with Crippen LogP contribution in [0.3, 0.4) is 0 Å². The monoisotopic (exact) mass is 566 g/mol. The molecule has 3 aromatic heterocycles. The number of amides is 1. The van der Waals surface area contributed by atoms with Gasteiger partial charge in [-0.1, -0.05) is 17.7 Å². The molecule has 5 rings (SSSR count). The molecule has 14 heteroatoms. The first kappa shape index (κ1) is 28.7. The van der Waals surface area contributed by atoms with Gasteiger partial charge in [0.2, 0.25) is 0 Å². The fraction of sp³-hybridized carbons (Fsp3) is 0.308. The summed E-state index contributed by atoms with van der Waals surface area (Å²) < 4.78 is 1.86. The summed E-state index contributed by atoms with van der Waals surface area (Å²) >= 11 is 6.63. The maximum absolute atomic E-state index is 12.4. The summed E-state index contributed by atoms with van der Waals surface area (Å²) in [4.78, 5) is 43.5. The van der Waals surface area contributed by atoms with Crippen LogP contribution in [0.1, 0.15) is 16.1 Å². The quantitative estimate of drug-likeness (QED) is 0.242. The van der Waals surface area contributed by atoms with E-state index in [1.165, 1.54) is 0 Å². The number of rotatable bonds is 7. The number of nitrogens with zero attached hydrogens (tertiary/aromatic N) is 7. The van der Waals surface area contributed by atoms with Gasteiger partial charge in [-0.25, -0.2) is 15.0 Å². The number of aromatic nitrogens is 5. The summed E-state index contributed by atoms with van der Waals surface area (Å²) in [5.41, 5.74) is 10.0. The molecule has 1 aliphatic rings. The van der Waals surface area contributed by atoms with Gasteiger partial charge >= 0.3 is 0 Å². The van der Waals surface area contributed by atoms with Crippen molar-refractivity contribution in [2.75, 3.05) is 50.9 Å². The van der Waals surface area contributed by atoms with Gasteiger partial charge in [0.1, 0.15) is 11.2 Å². The maximum atomic E-state index is 12.4. The Labute approximate surface area is 236 Å². The Morgan fingerprint density at radius 3 is 2.52 bits per heavy atom. The zero-order valence-corrected chi connectivity index (χ0v) is 23.2. The molecular weight excluding hydrogens is 536 g/mol. The topological polar surface area (TPSA) is 167 Å². The van der Waals surface area contributed by atoms with E-state index < -0.39 is 5.91 Å². The Kier molecular flexibility index (Phi) is 9.09. The van der Waals surface area contributed by atoms with Gasteiger partial charge in [-0.05, 0) is 24.7 Å². The van der Waals surface area contributed by atoms with Crippen molar-refractivity contribution in [1.29, 1.82) is 0 Å². The fourth-order valence-electron chi connectivity index (χ4n) is 4.41. The molecule has 1 saturated heterocycles. The molecule has 0 spiro atoms. The number of primary amides is 1. The standard InChI is InChI=1S/C25H29ClN10O.CH2O2/c1-28-24-21(17-11-29-12-19-20(17)30-14-35(19)3)32-22(23(27)37)25(33-24)31-16-5-4-15(18(26)10-16)13-36-8-6-34(2)7-9-36;2-1-3/h4-5,10-12,14H,6-9,13H2,1-3H3,(H2,27,37)(H2,28,31,33);1H,(H,2,3). The largest absolute Gasteiger partial charge is 0.483 e. The van der Waals surface area contributed by atoms with Crippen molar-refractivity contribution in [1.82, 2.24) is 34.3 Å². The number of nitrogens with one attached hydrogen (secondary N) is 2. The number of imidazole rings is 1. The molecule has 1 amide bonds. The Hall–Kier alpha value is -4.33. The summed E-state index contributed by atoms with van der Waals surface area (Å²) in [7, 11) is 5.75.